The van der Waals surface area contributed by atoms with Crippen LogP contribution in [0.5, 0.6) is 0 Å². The van der Waals surface area contributed by atoms with Crippen LogP contribution in [-0.4, -0.2) is 44.9 Å². The molecule has 0 bridgehead atoms. The number of nitrogens with zero attached hydrogens (tertiary/aromatic N) is 1. The van der Waals surface area contributed by atoms with Crippen molar-refractivity contribution in [2.45, 2.75) is 11.8 Å². The number of hydrogen-bond acceptors (Lipinski definition) is 6. The van der Waals surface area contributed by atoms with Gasteiger partial charge in [-0.2, -0.15) is 4.31 Å². The van der Waals surface area contributed by atoms with Crippen molar-refractivity contribution in [3.05, 3.63) is 94.5 Å². The number of amides is 1. The topological polar surface area (TPSA) is 106 Å². The summed E-state index contributed by atoms with van der Waals surface area (Å²) in [5.41, 5.74) is 2.05. The SMILES string of the molecule is Cc1ccc(-c2c(C(=O)Nc3ccc(S(=O)(=O)N4CCOCC4)cc3)oc(=O)c3ccccc23)cc1. The molecular formula is C27H24N2O6S. The summed E-state index contributed by atoms with van der Waals surface area (Å²) < 4.78 is 37.9. The maximum Gasteiger partial charge on any atom is 0.344 e. The highest BCUT2D eigenvalue weighted by Gasteiger charge is 2.26. The Balaban J connectivity index is 1.49. The lowest BCUT2D eigenvalue weighted by Gasteiger charge is -2.26. The van der Waals surface area contributed by atoms with Gasteiger partial charge in [0.1, 0.15) is 0 Å². The average molecular weight is 505 g/mol. The molecule has 1 aliphatic rings. The van der Waals surface area contributed by atoms with E-state index in [4.69, 9.17) is 9.15 Å². The molecule has 4 aromatic rings. The number of carbonyl (C=O) groups is 1. The highest BCUT2D eigenvalue weighted by Crippen LogP contribution is 2.31. The molecule has 3 aromatic carbocycles. The minimum absolute atomic E-state index is 0.118. The van der Waals surface area contributed by atoms with E-state index in [0.717, 1.165) is 11.1 Å². The number of aryl methyl sites for hydroxylation is 1. The van der Waals surface area contributed by atoms with Gasteiger partial charge in [0.05, 0.1) is 23.5 Å². The molecule has 184 valence electrons. The largest absolute Gasteiger partial charge is 0.416 e. The van der Waals surface area contributed by atoms with Gasteiger partial charge in [0.15, 0.2) is 0 Å². The zero-order chi connectivity index (χ0) is 25.3. The molecule has 1 saturated heterocycles. The average Bonchev–Trinajstić information content (AvgIpc) is 2.90. The van der Waals surface area contributed by atoms with Gasteiger partial charge in [-0.25, -0.2) is 13.2 Å². The van der Waals surface area contributed by atoms with Crippen LogP contribution in [0.2, 0.25) is 0 Å². The third-order valence-corrected chi connectivity index (χ3v) is 8.02. The molecule has 8 nitrogen and oxygen atoms in total. The van der Waals surface area contributed by atoms with Gasteiger partial charge in [-0.1, -0.05) is 48.0 Å². The van der Waals surface area contributed by atoms with Crippen molar-refractivity contribution >= 4 is 32.4 Å². The molecule has 0 radical (unpaired) electrons. The molecular weight excluding hydrogens is 480 g/mol. The summed E-state index contributed by atoms with van der Waals surface area (Å²) in [5, 5.41) is 3.71. The zero-order valence-corrected chi connectivity index (χ0v) is 20.4. The predicted octanol–water partition coefficient (Wildman–Crippen LogP) is 4.04. The van der Waals surface area contributed by atoms with Gasteiger partial charge in [0.2, 0.25) is 15.8 Å². The van der Waals surface area contributed by atoms with Gasteiger partial charge in [-0.3, -0.25) is 4.79 Å². The lowest BCUT2D eigenvalue weighted by molar-refractivity contribution is 0.0730. The van der Waals surface area contributed by atoms with E-state index in [2.05, 4.69) is 5.32 Å². The highest BCUT2D eigenvalue weighted by atomic mass is 32.2. The van der Waals surface area contributed by atoms with Gasteiger partial charge in [-0.15, -0.1) is 0 Å². The number of benzene rings is 3. The maximum absolute atomic E-state index is 13.3. The van der Waals surface area contributed by atoms with Crippen LogP contribution in [0.25, 0.3) is 21.9 Å². The van der Waals surface area contributed by atoms with E-state index in [1.165, 1.54) is 28.6 Å². The van der Waals surface area contributed by atoms with E-state index >= 15 is 0 Å². The van der Waals surface area contributed by atoms with E-state index in [1.54, 1.807) is 24.3 Å². The van der Waals surface area contributed by atoms with E-state index in [1.807, 2.05) is 31.2 Å². The number of hydrogen-bond donors (Lipinski definition) is 1. The van der Waals surface area contributed by atoms with Crippen LogP contribution in [0.1, 0.15) is 16.1 Å². The molecule has 0 saturated carbocycles. The van der Waals surface area contributed by atoms with Crippen molar-refractivity contribution in [2.75, 3.05) is 31.6 Å². The zero-order valence-electron chi connectivity index (χ0n) is 19.6. The fourth-order valence-corrected chi connectivity index (χ4v) is 5.61. The summed E-state index contributed by atoms with van der Waals surface area (Å²) in [5.74, 6) is -0.732. The highest BCUT2D eigenvalue weighted by molar-refractivity contribution is 7.89. The molecule has 1 amide bonds. The van der Waals surface area contributed by atoms with Gasteiger partial charge in [0, 0.05) is 29.7 Å². The Bertz CT molecular complexity index is 1590. The lowest BCUT2D eigenvalue weighted by Crippen LogP contribution is -2.40. The quantitative estimate of drug-likeness (QED) is 0.440. The number of carbonyl (C=O) groups excluding carboxylic acids is 1. The Labute approximate surface area is 208 Å². The Morgan fingerprint density at radius 3 is 2.19 bits per heavy atom. The number of nitrogens with one attached hydrogen (secondary N) is 1. The van der Waals surface area contributed by atoms with Crippen molar-refractivity contribution < 1.29 is 22.4 Å². The van der Waals surface area contributed by atoms with E-state index < -0.39 is 21.6 Å². The number of anilines is 1. The van der Waals surface area contributed by atoms with Crippen LogP contribution in [-0.2, 0) is 14.8 Å². The normalized spacial score (nSPS) is 14.6. The second kappa shape index (κ2) is 9.69. The minimum Gasteiger partial charge on any atom is -0.416 e. The molecule has 0 spiro atoms. The molecule has 5 rings (SSSR count). The first kappa shape index (κ1) is 23.9. The van der Waals surface area contributed by atoms with Gasteiger partial charge in [-0.05, 0) is 42.8 Å². The van der Waals surface area contributed by atoms with Crippen molar-refractivity contribution in [1.82, 2.24) is 4.31 Å². The number of fused-ring (bicyclic) bond motifs is 1. The Morgan fingerprint density at radius 2 is 1.53 bits per heavy atom. The molecule has 0 unspecified atom stereocenters. The second-order valence-corrected chi connectivity index (χ2v) is 10.4. The fraction of sp³-hybridized carbons (Fsp3) is 0.185. The first-order valence-electron chi connectivity index (χ1n) is 11.5. The summed E-state index contributed by atoms with van der Waals surface area (Å²) >= 11 is 0. The molecule has 1 aliphatic heterocycles. The van der Waals surface area contributed by atoms with E-state index in [9.17, 15) is 18.0 Å². The number of ether oxygens (including phenoxy) is 1. The van der Waals surface area contributed by atoms with Gasteiger partial charge in [0.25, 0.3) is 5.91 Å². The first-order valence-corrected chi connectivity index (χ1v) is 12.9. The van der Waals surface area contributed by atoms with Crippen LogP contribution in [0, 0.1) is 6.92 Å². The van der Waals surface area contributed by atoms with Crippen LogP contribution >= 0.6 is 0 Å². The van der Waals surface area contributed by atoms with Gasteiger partial charge >= 0.3 is 5.63 Å². The second-order valence-electron chi connectivity index (χ2n) is 8.50. The molecule has 1 aromatic heterocycles. The molecule has 2 heterocycles. The monoisotopic (exact) mass is 504 g/mol. The van der Waals surface area contributed by atoms with E-state index in [-0.39, 0.29) is 10.7 Å². The summed E-state index contributed by atoms with van der Waals surface area (Å²) in [7, 11) is -3.65. The molecule has 9 heteroatoms. The maximum atomic E-state index is 13.3. The third kappa shape index (κ3) is 4.56. The van der Waals surface area contributed by atoms with Crippen molar-refractivity contribution in [2.24, 2.45) is 0 Å². The number of morpholine rings is 1. The van der Waals surface area contributed by atoms with Crippen molar-refractivity contribution in [3.63, 3.8) is 0 Å². The molecule has 1 N–H and O–H groups in total. The summed E-state index contributed by atoms with van der Waals surface area (Å²) in [6.45, 7) is 3.26. The Morgan fingerprint density at radius 1 is 0.889 bits per heavy atom. The summed E-state index contributed by atoms with van der Waals surface area (Å²) in [4.78, 5) is 26.1. The van der Waals surface area contributed by atoms with Crippen LogP contribution in [0.4, 0.5) is 5.69 Å². The first-order chi connectivity index (χ1) is 17.3. The lowest BCUT2D eigenvalue weighted by atomic mass is 9.97. The van der Waals surface area contributed by atoms with Gasteiger partial charge < -0.3 is 14.5 Å². The van der Waals surface area contributed by atoms with Crippen LogP contribution in [0.15, 0.2) is 86.9 Å². The predicted molar refractivity (Wildman–Crippen MR) is 137 cm³/mol. The third-order valence-electron chi connectivity index (χ3n) is 6.10. The Kier molecular flexibility index (Phi) is 6.44. The fourth-order valence-electron chi connectivity index (χ4n) is 4.20. The van der Waals surface area contributed by atoms with Crippen molar-refractivity contribution in [1.29, 1.82) is 0 Å². The number of sulfonamides is 1. The molecule has 36 heavy (non-hydrogen) atoms. The van der Waals surface area contributed by atoms with Crippen LogP contribution in [0.3, 0.4) is 0 Å². The summed E-state index contributed by atoms with van der Waals surface area (Å²) in [6.07, 6.45) is 0. The Hall–Kier alpha value is -3.79. The minimum atomic E-state index is -3.65. The smallest absolute Gasteiger partial charge is 0.344 e. The van der Waals surface area contributed by atoms with E-state index in [0.29, 0.717) is 48.3 Å². The van der Waals surface area contributed by atoms with Crippen LogP contribution < -0.4 is 10.9 Å². The molecule has 0 aliphatic carbocycles. The summed E-state index contributed by atoms with van der Waals surface area (Å²) in [6, 6.07) is 20.5. The number of rotatable bonds is 5. The molecule has 0 atom stereocenters. The standard InChI is InChI=1S/C27H24N2O6S/c1-18-6-8-19(9-7-18)24-22-4-2-3-5-23(22)27(31)35-25(24)26(30)28-20-10-12-21(13-11-20)36(32,33)29-14-16-34-17-15-29/h2-13H,14-17H2,1H3,(H,28,30). The van der Waals surface area contributed by atoms with Crippen molar-refractivity contribution in [3.8, 4) is 11.1 Å². The molecule has 1 fully saturated rings.